The Morgan fingerprint density at radius 1 is 1.29 bits per heavy atom. The third-order valence-electron chi connectivity index (χ3n) is 3.59. The molecule has 7 heteroatoms. The Kier molecular flexibility index (Phi) is 4.19. The van der Waals surface area contributed by atoms with Crippen LogP contribution in [0, 0.1) is 0 Å². The summed E-state index contributed by atoms with van der Waals surface area (Å²) in [5, 5.41) is 3.80. The monoisotopic (exact) mass is 331 g/mol. The third kappa shape index (κ3) is 3.35. The van der Waals surface area contributed by atoms with Gasteiger partial charge in [-0.3, -0.25) is 0 Å². The molecular formula is C17H19F2N5. The van der Waals surface area contributed by atoms with Crippen molar-refractivity contribution in [3.63, 3.8) is 0 Å². The fourth-order valence-corrected chi connectivity index (χ4v) is 2.43. The van der Waals surface area contributed by atoms with Crippen LogP contribution in [0.1, 0.15) is 26.0 Å². The number of H-pyrrole nitrogens is 1. The lowest BCUT2D eigenvalue weighted by atomic mass is 10.1. The van der Waals surface area contributed by atoms with Gasteiger partial charge in [0.15, 0.2) is 0 Å². The van der Waals surface area contributed by atoms with Crippen molar-refractivity contribution in [2.45, 2.75) is 25.8 Å². The number of hydrogen-bond acceptors (Lipinski definition) is 4. The van der Waals surface area contributed by atoms with Gasteiger partial charge in [0.2, 0.25) is 0 Å². The molecular weight excluding hydrogens is 312 g/mol. The largest absolute Gasteiger partial charge is 0.382 e. The van der Waals surface area contributed by atoms with Crippen LogP contribution in [0.25, 0.3) is 22.3 Å². The third-order valence-corrected chi connectivity index (χ3v) is 3.59. The lowest BCUT2D eigenvalue weighted by molar-refractivity contribution is 0.147. The number of pyridine rings is 2. The van der Waals surface area contributed by atoms with E-state index in [1.165, 1.54) is 0 Å². The predicted octanol–water partition coefficient (Wildman–Crippen LogP) is 3.71. The van der Waals surface area contributed by atoms with Gasteiger partial charge in [-0.25, -0.2) is 18.7 Å². The van der Waals surface area contributed by atoms with Gasteiger partial charge >= 0.3 is 0 Å². The van der Waals surface area contributed by atoms with E-state index in [1.807, 2.05) is 19.9 Å². The van der Waals surface area contributed by atoms with Crippen molar-refractivity contribution in [2.75, 3.05) is 11.9 Å². The molecule has 0 bridgehead atoms. The Morgan fingerprint density at radius 2 is 2.08 bits per heavy atom. The van der Waals surface area contributed by atoms with E-state index in [0.717, 1.165) is 10.9 Å². The van der Waals surface area contributed by atoms with E-state index in [2.05, 4.69) is 20.3 Å². The summed E-state index contributed by atoms with van der Waals surface area (Å²) in [6.45, 7) is 4.01. The minimum absolute atomic E-state index is 0.282. The molecule has 0 spiro atoms. The van der Waals surface area contributed by atoms with Crippen molar-refractivity contribution in [3.8, 4) is 11.3 Å². The highest BCUT2D eigenvalue weighted by Crippen LogP contribution is 2.31. The Bertz CT molecular complexity index is 852. The van der Waals surface area contributed by atoms with Gasteiger partial charge in [0.1, 0.15) is 11.3 Å². The van der Waals surface area contributed by atoms with Crippen molar-refractivity contribution in [1.29, 1.82) is 0 Å². The number of anilines is 1. The second-order valence-corrected chi connectivity index (χ2v) is 6.37. The molecule has 4 N–H and O–H groups in total. The lowest BCUT2D eigenvalue weighted by Gasteiger charge is -2.21. The van der Waals surface area contributed by atoms with Gasteiger partial charge in [0.25, 0.3) is 6.43 Å². The molecule has 126 valence electrons. The first kappa shape index (κ1) is 16.3. The van der Waals surface area contributed by atoms with E-state index in [-0.39, 0.29) is 5.69 Å². The highest BCUT2D eigenvalue weighted by molar-refractivity contribution is 5.92. The van der Waals surface area contributed by atoms with E-state index in [4.69, 9.17) is 5.73 Å². The number of rotatable bonds is 5. The van der Waals surface area contributed by atoms with Gasteiger partial charge in [0, 0.05) is 35.4 Å². The predicted molar refractivity (Wildman–Crippen MR) is 91.0 cm³/mol. The molecule has 0 aromatic carbocycles. The number of aromatic nitrogens is 3. The average molecular weight is 331 g/mol. The van der Waals surface area contributed by atoms with Crippen LogP contribution in [0.2, 0.25) is 0 Å². The number of halogens is 2. The molecule has 3 heterocycles. The van der Waals surface area contributed by atoms with Crippen LogP contribution in [0.4, 0.5) is 14.5 Å². The average Bonchev–Trinajstić information content (AvgIpc) is 2.96. The van der Waals surface area contributed by atoms with Gasteiger partial charge in [-0.15, -0.1) is 0 Å². The van der Waals surface area contributed by atoms with Gasteiger partial charge in [-0.1, -0.05) is 0 Å². The van der Waals surface area contributed by atoms with Crippen LogP contribution >= 0.6 is 0 Å². The summed E-state index contributed by atoms with van der Waals surface area (Å²) in [6, 6.07) is 7.01. The van der Waals surface area contributed by atoms with Crippen LogP contribution in [0.3, 0.4) is 0 Å². The molecule has 0 saturated heterocycles. The summed E-state index contributed by atoms with van der Waals surface area (Å²) in [6.07, 6.45) is 0.713. The maximum Gasteiger partial charge on any atom is 0.282 e. The molecule has 0 radical (unpaired) electrons. The molecule has 3 aromatic rings. The van der Waals surface area contributed by atoms with Crippen molar-refractivity contribution in [1.82, 2.24) is 15.0 Å². The van der Waals surface area contributed by atoms with Crippen LogP contribution in [-0.4, -0.2) is 27.0 Å². The van der Waals surface area contributed by atoms with Gasteiger partial charge in [-0.2, -0.15) is 0 Å². The topological polar surface area (TPSA) is 79.6 Å². The second-order valence-electron chi connectivity index (χ2n) is 6.37. The SMILES string of the molecule is CC(C)(N)CNc1ccc(-c2c[nH]c3ncccc23)nc1C(F)F. The minimum Gasteiger partial charge on any atom is -0.382 e. The van der Waals surface area contributed by atoms with Crippen LogP contribution < -0.4 is 11.1 Å². The highest BCUT2D eigenvalue weighted by Gasteiger charge is 2.19. The van der Waals surface area contributed by atoms with Crippen molar-refractivity contribution in [3.05, 3.63) is 42.4 Å². The van der Waals surface area contributed by atoms with Gasteiger partial charge in [-0.05, 0) is 38.1 Å². The molecule has 0 aliphatic rings. The van der Waals surface area contributed by atoms with Crippen LogP contribution in [0.15, 0.2) is 36.7 Å². The number of nitrogens with two attached hydrogens (primary N) is 1. The fourth-order valence-electron chi connectivity index (χ4n) is 2.43. The molecule has 0 aliphatic carbocycles. The van der Waals surface area contributed by atoms with Crippen molar-refractivity contribution < 1.29 is 8.78 Å². The zero-order chi connectivity index (χ0) is 17.3. The molecule has 0 saturated carbocycles. The number of aromatic amines is 1. The Balaban J connectivity index is 2.00. The summed E-state index contributed by atoms with van der Waals surface area (Å²) in [5.41, 5.74) is 7.31. The molecule has 0 amide bonds. The van der Waals surface area contributed by atoms with Crippen molar-refractivity contribution in [2.24, 2.45) is 5.73 Å². The Hall–Kier alpha value is -2.54. The summed E-state index contributed by atoms with van der Waals surface area (Å²) in [4.78, 5) is 11.4. The van der Waals surface area contributed by atoms with E-state index in [1.54, 1.807) is 30.6 Å². The Morgan fingerprint density at radius 3 is 2.79 bits per heavy atom. The molecule has 0 fully saturated rings. The molecule has 24 heavy (non-hydrogen) atoms. The van der Waals surface area contributed by atoms with E-state index >= 15 is 0 Å². The lowest BCUT2D eigenvalue weighted by Crippen LogP contribution is -2.39. The Labute approximate surface area is 138 Å². The first-order chi connectivity index (χ1) is 11.3. The smallest absolute Gasteiger partial charge is 0.282 e. The van der Waals surface area contributed by atoms with Crippen LogP contribution in [-0.2, 0) is 0 Å². The first-order valence-electron chi connectivity index (χ1n) is 7.59. The fraction of sp³-hybridized carbons (Fsp3) is 0.294. The molecule has 0 unspecified atom stereocenters. The highest BCUT2D eigenvalue weighted by atomic mass is 19.3. The number of hydrogen-bond donors (Lipinski definition) is 3. The summed E-state index contributed by atoms with van der Waals surface area (Å²) >= 11 is 0. The van der Waals surface area contributed by atoms with Crippen LogP contribution in [0.5, 0.6) is 0 Å². The summed E-state index contributed by atoms with van der Waals surface area (Å²) in [5.74, 6) is 0. The van der Waals surface area contributed by atoms with E-state index in [0.29, 0.717) is 23.6 Å². The maximum absolute atomic E-state index is 13.4. The summed E-state index contributed by atoms with van der Waals surface area (Å²) < 4.78 is 26.9. The first-order valence-corrected chi connectivity index (χ1v) is 7.59. The van der Waals surface area contributed by atoms with Gasteiger partial charge < -0.3 is 16.0 Å². The maximum atomic E-state index is 13.4. The zero-order valence-electron chi connectivity index (χ0n) is 13.5. The number of alkyl halides is 2. The second kappa shape index (κ2) is 6.16. The van der Waals surface area contributed by atoms with Gasteiger partial charge in [0.05, 0.1) is 11.4 Å². The number of nitrogens with zero attached hydrogens (tertiary/aromatic N) is 2. The summed E-state index contributed by atoms with van der Waals surface area (Å²) in [7, 11) is 0. The normalized spacial score (nSPS) is 12.1. The van der Waals surface area contributed by atoms with E-state index < -0.39 is 12.0 Å². The number of fused-ring (bicyclic) bond motifs is 1. The quantitative estimate of drug-likeness (QED) is 0.666. The van der Waals surface area contributed by atoms with Crippen molar-refractivity contribution >= 4 is 16.7 Å². The minimum atomic E-state index is -2.68. The molecule has 5 nitrogen and oxygen atoms in total. The molecule has 0 aliphatic heterocycles. The zero-order valence-corrected chi connectivity index (χ0v) is 13.5. The molecule has 3 aromatic heterocycles. The standard InChI is InChI=1S/C17H19F2N5/c1-17(2,20)9-23-13-6-5-12(24-14(13)15(18)19)11-8-22-16-10(11)4-3-7-21-16/h3-8,15,23H,9,20H2,1-2H3,(H,21,22). The van der Waals surface area contributed by atoms with E-state index in [9.17, 15) is 8.78 Å². The number of nitrogens with one attached hydrogen (secondary N) is 2. The molecule has 0 atom stereocenters. The molecule has 3 rings (SSSR count).